The molecular weight excluding hydrogens is 629 g/mol. The second-order valence-electron chi connectivity index (χ2n) is 12.8. The molecule has 1 fully saturated rings. The van der Waals surface area contributed by atoms with Crippen LogP contribution in [0.4, 0.5) is 23.7 Å². The number of nitrogens with zero attached hydrogens (tertiary/aromatic N) is 1. The van der Waals surface area contributed by atoms with Crippen LogP contribution in [0.1, 0.15) is 59.2 Å². The van der Waals surface area contributed by atoms with Gasteiger partial charge in [0, 0.05) is 30.9 Å². The van der Waals surface area contributed by atoms with Crippen LogP contribution < -0.4 is 16.4 Å². The van der Waals surface area contributed by atoms with E-state index in [-0.39, 0.29) is 30.4 Å². The average molecular weight is 673 g/mol. The predicted molar refractivity (Wildman–Crippen MR) is 186 cm³/mol. The van der Waals surface area contributed by atoms with E-state index in [0.717, 1.165) is 73.0 Å². The van der Waals surface area contributed by atoms with E-state index in [1.54, 1.807) is 24.3 Å². The maximum Gasteiger partial charge on any atom is 0.416 e. The number of carbonyl (C=O) groups excluding carboxylic acids is 2. The maximum atomic E-state index is 13.5. The SMILES string of the molecule is NCCC1CCC(CNC(=O)c2ccccc2-c2cccc(CN(CCc3ccc(O)cc3)C(=O)Nc3cccc(C(F)(F)F)c3)c2)CC1. The van der Waals surface area contributed by atoms with Crippen LogP contribution in [0.15, 0.2) is 97.1 Å². The van der Waals surface area contributed by atoms with Crippen LogP contribution in [0, 0.1) is 11.8 Å². The highest BCUT2D eigenvalue weighted by Gasteiger charge is 2.30. The standard InChI is InChI=1S/C39H43F3N4O3/c40-39(41,42)32-7-4-8-33(24-32)45-38(49)46(22-20-28-15-17-34(47)18-16-28)26-30-5-3-6-31(23-30)35-9-1-2-10-36(35)37(48)44-25-29-13-11-27(12-14-29)19-21-43/h1-10,15-18,23-24,27,29,47H,11-14,19-22,25-26,43H2,(H,44,48)(H,45,49). The van der Waals surface area contributed by atoms with Crippen molar-refractivity contribution < 1.29 is 27.9 Å². The minimum atomic E-state index is -4.54. The normalized spacial score (nSPS) is 16.2. The van der Waals surface area contributed by atoms with Gasteiger partial charge >= 0.3 is 12.2 Å². The first-order valence-electron chi connectivity index (χ1n) is 16.8. The number of aromatic hydroxyl groups is 1. The van der Waals surface area contributed by atoms with Crippen molar-refractivity contribution in [1.29, 1.82) is 0 Å². The van der Waals surface area contributed by atoms with Gasteiger partial charge in [0.1, 0.15) is 5.75 Å². The fraction of sp³-hybridized carbons (Fsp3) is 0.333. The third-order valence-electron chi connectivity index (χ3n) is 9.21. The molecule has 0 unspecified atom stereocenters. The number of benzene rings is 4. The summed E-state index contributed by atoms with van der Waals surface area (Å²) in [7, 11) is 0. The van der Waals surface area contributed by atoms with E-state index < -0.39 is 17.8 Å². The fourth-order valence-corrected chi connectivity index (χ4v) is 6.44. The smallest absolute Gasteiger partial charge is 0.416 e. The molecule has 258 valence electrons. The Morgan fingerprint density at radius 3 is 2.29 bits per heavy atom. The van der Waals surface area contributed by atoms with Gasteiger partial charge in [-0.2, -0.15) is 13.2 Å². The van der Waals surface area contributed by atoms with Crippen molar-refractivity contribution in [1.82, 2.24) is 10.2 Å². The number of carbonyl (C=O) groups is 2. The molecule has 1 aliphatic rings. The summed E-state index contributed by atoms with van der Waals surface area (Å²) in [6.07, 6.45) is 1.42. The Balaban J connectivity index is 1.31. The van der Waals surface area contributed by atoms with Gasteiger partial charge in [-0.15, -0.1) is 0 Å². The molecule has 0 heterocycles. The molecule has 5 rings (SSSR count). The molecule has 4 aromatic rings. The molecule has 0 atom stereocenters. The maximum absolute atomic E-state index is 13.5. The molecule has 0 aromatic heterocycles. The Morgan fingerprint density at radius 2 is 1.55 bits per heavy atom. The highest BCUT2D eigenvalue weighted by molar-refractivity contribution is 6.01. The number of alkyl halides is 3. The molecule has 0 spiro atoms. The molecule has 10 heteroatoms. The van der Waals surface area contributed by atoms with E-state index >= 15 is 0 Å². The summed E-state index contributed by atoms with van der Waals surface area (Å²) >= 11 is 0. The van der Waals surface area contributed by atoms with Crippen LogP contribution in [0.25, 0.3) is 11.1 Å². The third-order valence-corrected chi connectivity index (χ3v) is 9.21. The number of phenols is 1. The van der Waals surface area contributed by atoms with E-state index in [2.05, 4.69) is 10.6 Å². The molecule has 0 saturated heterocycles. The van der Waals surface area contributed by atoms with Crippen LogP contribution in [0.5, 0.6) is 5.75 Å². The zero-order valence-corrected chi connectivity index (χ0v) is 27.4. The second-order valence-corrected chi connectivity index (χ2v) is 12.8. The van der Waals surface area contributed by atoms with Gasteiger partial charge < -0.3 is 26.4 Å². The summed E-state index contributed by atoms with van der Waals surface area (Å²) in [5.74, 6) is 1.11. The van der Waals surface area contributed by atoms with Gasteiger partial charge in [0.15, 0.2) is 0 Å². The van der Waals surface area contributed by atoms with Crippen molar-refractivity contribution in [3.8, 4) is 16.9 Å². The van der Waals surface area contributed by atoms with E-state index in [0.29, 0.717) is 30.4 Å². The van der Waals surface area contributed by atoms with Gasteiger partial charge in [-0.25, -0.2) is 4.79 Å². The number of hydrogen-bond donors (Lipinski definition) is 4. The lowest BCUT2D eigenvalue weighted by molar-refractivity contribution is -0.137. The predicted octanol–water partition coefficient (Wildman–Crippen LogP) is 8.24. The van der Waals surface area contributed by atoms with Crippen molar-refractivity contribution in [2.75, 3.05) is 25.0 Å². The van der Waals surface area contributed by atoms with Crippen molar-refractivity contribution >= 4 is 17.6 Å². The number of nitrogens with one attached hydrogen (secondary N) is 2. The Bertz CT molecular complexity index is 1700. The molecule has 5 N–H and O–H groups in total. The quantitative estimate of drug-likeness (QED) is 0.122. The van der Waals surface area contributed by atoms with Crippen LogP contribution in [-0.2, 0) is 19.1 Å². The minimum Gasteiger partial charge on any atom is -0.508 e. The van der Waals surface area contributed by atoms with Crippen molar-refractivity contribution in [2.45, 2.75) is 51.2 Å². The largest absolute Gasteiger partial charge is 0.508 e. The highest BCUT2D eigenvalue weighted by Crippen LogP contribution is 2.32. The third kappa shape index (κ3) is 10.1. The number of phenolic OH excluding ortho intramolecular Hbond substituents is 1. The monoisotopic (exact) mass is 672 g/mol. The number of halogens is 3. The summed E-state index contributed by atoms with van der Waals surface area (Å²) in [5.41, 5.74) is 8.71. The fourth-order valence-electron chi connectivity index (χ4n) is 6.44. The van der Waals surface area contributed by atoms with E-state index in [1.807, 2.05) is 48.5 Å². The molecular formula is C39H43F3N4O3. The molecule has 0 radical (unpaired) electrons. The Kier molecular flexibility index (Phi) is 12.0. The first-order valence-corrected chi connectivity index (χ1v) is 16.8. The van der Waals surface area contributed by atoms with Crippen LogP contribution >= 0.6 is 0 Å². The number of rotatable bonds is 12. The average Bonchev–Trinajstić information content (AvgIpc) is 3.10. The van der Waals surface area contributed by atoms with Crippen LogP contribution in [0.3, 0.4) is 0 Å². The number of urea groups is 1. The topological polar surface area (TPSA) is 108 Å². The molecule has 1 saturated carbocycles. The Morgan fingerprint density at radius 1 is 0.837 bits per heavy atom. The molecule has 3 amide bonds. The van der Waals surface area contributed by atoms with Gasteiger partial charge in [-0.05, 0) is 109 Å². The lowest BCUT2D eigenvalue weighted by atomic mass is 9.80. The Labute approximate surface area is 285 Å². The first-order chi connectivity index (χ1) is 23.6. The van der Waals surface area contributed by atoms with E-state index in [9.17, 15) is 27.9 Å². The van der Waals surface area contributed by atoms with Gasteiger partial charge in [-0.1, -0.05) is 67.4 Å². The summed E-state index contributed by atoms with van der Waals surface area (Å²) in [4.78, 5) is 28.5. The number of amides is 3. The van der Waals surface area contributed by atoms with Crippen LogP contribution in [-0.4, -0.2) is 41.6 Å². The van der Waals surface area contributed by atoms with Gasteiger partial charge in [0.2, 0.25) is 0 Å². The zero-order valence-electron chi connectivity index (χ0n) is 27.4. The zero-order chi connectivity index (χ0) is 34.8. The van der Waals surface area contributed by atoms with Crippen molar-refractivity contribution in [3.05, 3.63) is 119 Å². The highest BCUT2D eigenvalue weighted by atomic mass is 19.4. The number of anilines is 1. The number of nitrogens with two attached hydrogens (primary N) is 1. The summed E-state index contributed by atoms with van der Waals surface area (Å²) in [6.45, 7) is 1.76. The van der Waals surface area contributed by atoms with Gasteiger partial charge in [-0.3, -0.25) is 4.79 Å². The second kappa shape index (κ2) is 16.5. The van der Waals surface area contributed by atoms with Gasteiger partial charge in [0.05, 0.1) is 5.56 Å². The summed E-state index contributed by atoms with van der Waals surface area (Å²) < 4.78 is 40.0. The lowest BCUT2D eigenvalue weighted by Crippen LogP contribution is -2.36. The number of hydrogen-bond acceptors (Lipinski definition) is 4. The summed E-state index contributed by atoms with van der Waals surface area (Å²) in [6, 6.07) is 25.6. The van der Waals surface area contributed by atoms with E-state index in [4.69, 9.17) is 5.73 Å². The first kappa shape index (κ1) is 35.5. The minimum absolute atomic E-state index is 0.0340. The van der Waals surface area contributed by atoms with Crippen LogP contribution in [0.2, 0.25) is 0 Å². The van der Waals surface area contributed by atoms with Crippen molar-refractivity contribution in [3.63, 3.8) is 0 Å². The molecule has 4 aromatic carbocycles. The molecule has 1 aliphatic carbocycles. The van der Waals surface area contributed by atoms with Gasteiger partial charge in [0.25, 0.3) is 5.91 Å². The molecule has 7 nitrogen and oxygen atoms in total. The summed E-state index contributed by atoms with van der Waals surface area (Å²) in [5, 5.41) is 15.4. The molecule has 49 heavy (non-hydrogen) atoms. The molecule has 0 aliphatic heterocycles. The molecule has 0 bridgehead atoms. The van der Waals surface area contributed by atoms with E-state index in [1.165, 1.54) is 17.0 Å². The van der Waals surface area contributed by atoms with Crippen molar-refractivity contribution in [2.24, 2.45) is 17.6 Å². The lowest BCUT2D eigenvalue weighted by Gasteiger charge is -2.28. The Hall–Kier alpha value is -4.83.